The summed E-state index contributed by atoms with van der Waals surface area (Å²) in [5.74, 6) is -5.13. The minimum absolute atomic E-state index is 0.365. The first kappa shape index (κ1) is 10.8. The predicted octanol–water partition coefficient (Wildman–Crippen LogP) is -2.77. The van der Waals surface area contributed by atoms with E-state index in [1.807, 2.05) is 0 Å². The monoisotopic (exact) mass is 192 g/mol. The zero-order valence-corrected chi connectivity index (χ0v) is 7.56. The van der Waals surface area contributed by atoms with Crippen LogP contribution in [0.2, 0.25) is 0 Å². The van der Waals surface area contributed by atoms with Gasteiger partial charge >= 0.3 is 0 Å². The summed E-state index contributed by atoms with van der Waals surface area (Å²) in [7, 11) is 0. The second-order valence-corrected chi connectivity index (χ2v) is 3.39. The highest BCUT2D eigenvalue weighted by Gasteiger charge is 2.48. The van der Waals surface area contributed by atoms with Crippen LogP contribution in [0.3, 0.4) is 0 Å². The van der Waals surface area contributed by atoms with Crippen LogP contribution in [0.15, 0.2) is 0 Å². The Labute approximate surface area is 76.4 Å². The van der Waals surface area contributed by atoms with Crippen molar-refractivity contribution in [1.29, 1.82) is 0 Å². The quantitative estimate of drug-likeness (QED) is 0.304. The van der Waals surface area contributed by atoms with Crippen molar-refractivity contribution in [2.45, 2.75) is 18.6 Å². The van der Waals surface area contributed by atoms with E-state index in [-0.39, 0.29) is 0 Å². The number of hydrogen-bond acceptors (Lipinski definition) is 6. The Bertz CT molecular complexity index is 172. The van der Waals surface area contributed by atoms with Crippen LogP contribution in [-0.2, 0) is 0 Å². The molecule has 78 valence electrons. The third kappa shape index (κ3) is 2.16. The molecule has 0 unspecified atom stereocenters. The summed E-state index contributed by atoms with van der Waals surface area (Å²) in [6, 6.07) is 0. The van der Waals surface area contributed by atoms with E-state index in [4.69, 9.17) is 10.2 Å². The van der Waals surface area contributed by atoms with Crippen LogP contribution in [0.5, 0.6) is 0 Å². The largest absolute Gasteiger partial charge is 0.360 e. The summed E-state index contributed by atoms with van der Waals surface area (Å²) in [5.41, 5.74) is 0. The van der Waals surface area contributed by atoms with Gasteiger partial charge in [-0.15, -0.1) is 0 Å². The lowest BCUT2D eigenvalue weighted by atomic mass is 10.2. The van der Waals surface area contributed by atoms with Gasteiger partial charge in [-0.25, -0.2) is 4.90 Å². The normalized spacial score (nSPS) is 21.9. The Morgan fingerprint density at radius 3 is 1.92 bits per heavy atom. The van der Waals surface area contributed by atoms with E-state index in [1.165, 1.54) is 4.90 Å². The van der Waals surface area contributed by atoms with Gasteiger partial charge in [-0.3, -0.25) is 0 Å². The minimum Gasteiger partial charge on any atom is -0.360 e. The van der Waals surface area contributed by atoms with Crippen LogP contribution in [0.4, 0.5) is 0 Å². The Hall–Kier alpha value is -0.240. The van der Waals surface area contributed by atoms with Gasteiger partial charge in [0.15, 0.2) is 0 Å². The summed E-state index contributed by atoms with van der Waals surface area (Å²) >= 11 is 0. The summed E-state index contributed by atoms with van der Waals surface area (Å²) in [4.78, 5) is 1.21. The van der Waals surface area contributed by atoms with Gasteiger partial charge in [0, 0.05) is 26.2 Å². The molecule has 0 spiro atoms. The molecular formula is C7H16N2O4. The number of nitrogens with one attached hydrogen (secondary N) is 1. The van der Waals surface area contributed by atoms with Crippen LogP contribution >= 0.6 is 0 Å². The molecule has 0 radical (unpaired) electrons. The fourth-order valence-electron chi connectivity index (χ4n) is 1.28. The van der Waals surface area contributed by atoms with Crippen molar-refractivity contribution in [3.8, 4) is 0 Å². The maximum Gasteiger partial charge on any atom is 0.281 e. The first-order valence-electron chi connectivity index (χ1n) is 4.21. The zero-order chi connectivity index (χ0) is 10.1. The van der Waals surface area contributed by atoms with Gasteiger partial charge in [0.05, 0.1) is 0 Å². The van der Waals surface area contributed by atoms with Gasteiger partial charge in [-0.2, -0.15) is 0 Å². The van der Waals surface area contributed by atoms with E-state index in [0.29, 0.717) is 26.2 Å². The second-order valence-electron chi connectivity index (χ2n) is 3.39. The van der Waals surface area contributed by atoms with Crippen molar-refractivity contribution in [2.75, 3.05) is 26.2 Å². The molecule has 0 aromatic carbocycles. The highest BCUT2D eigenvalue weighted by atomic mass is 16.6. The summed E-state index contributed by atoms with van der Waals surface area (Å²) in [6.45, 7) is 2.86. The van der Waals surface area contributed by atoms with Gasteiger partial charge in [0.25, 0.3) is 5.91 Å². The van der Waals surface area contributed by atoms with Crippen LogP contribution in [-0.4, -0.2) is 63.2 Å². The molecule has 1 saturated heterocycles. The first-order chi connectivity index (χ1) is 5.86. The van der Waals surface area contributed by atoms with E-state index < -0.39 is 11.7 Å². The summed E-state index contributed by atoms with van der Waals surface area (Å²) < 4.78 is 0. The molecule has 0 bridgehead atoms. The SMILES string of the molecule is CC(O)(O)C(O)(O)N1CCNCC1. The molecule has 13 heavy (non-hydrogen) atoms. The van der Waals surface area contributed by atoms with Crippen LogP contribution < -0.4 is 5.32 Å². The molecule has 0 aliphatic carbocycles. The first-order valence-corrected chi connectivity index (χ1v) is 4.21. The maximum absolute atomic E-state index is 9.43. The number of rotatable bonds is 2. The van der Waals surface area contributed by atoms with Crippen molar-refractivity contribution in [2.24, 2.45) is 0 Å². The minimum atomic E-state index is -2.59. The maximum atomic E-state index is 9.43. The average molecular weight is 192 g/mol. The molecule has 0 saturated carbocycles. The van der Waals surface area contributed by atoms with Crippen LogP contribution in [0.1, 0.15) is 6.92 Å². The summed E-state index contributed by atoms with van der Waals surface area (Å²) in [6.07, 6.45) is 0. The van der Waals surface area contributed by atoms with Gasteiger partial charge in [0.2, 0.25) is 5.79 Å². The number of aliphatic hydroxyl groups is 4. The molecule has 1 fully saturated rings. The predicted molar refractivity (Wildman–Crippen MR) is 44.5 cm³/mol. The highest BCUT2D eigenvalue weighted by molar-refractivity contribution is 4.82. The Balaban J connectivity index is 2.67. The molecular weight excluding hydrogens is 176 g/mol. The Morgan fingerprint density at radius 2 is 1.54 bits per heavy atom. The molecule has 0 aromatic heterocycles. The molecule has 6 heteroatoms. The van der Waals surface area contributed by atoms with Crippen molar-refractivity contribution in [3.63, 3.8) is 0 Å². The number of hydrogen-bond donors (Lipinski definition) is 5. The lowest BCUT2D eigenvalue weighted by Crippen LogP contribution is -2.66. The highest BCUT2D eigenvalue weighted by Crippen LogP contribution is 2.21. The fraction of sp³-hybridized carbons (Fsp3) is 1.00. The topological polar surface area (TPSA) is 96.2 Å². The Morgan fingerprint density at radius 1 is 1.08 bits per heavy atom. The lowest BCUT2D eigenvalue weighted by Gasteiger charge is -2.42. The van der Waals surface area contributed by atoms with Crippen molar-refractivity contribution in [1.82, 2.24) is 10.2 Å². The van der Waals surface area contributed by atoms with E-state index in [0.717, 1.165) is 6.92 Å². The van der Waals surface area contributed by atoms with Gasteiger partial charge in [-0.05, 0) is 6.92 Å². The Kier molecular flexibility index (Phi) is 2.91. The molecule has 5 N–H and O–H groups in total. The van der Waals surface area contributed by atoms with Crippen LogP contribution in [0.25, 0.3) is 0 Å². The molecule has 1 heterocycles. The van der Waals surface area contributed by atoms with Gasteiger partial charge in [0.1, 0.15) is 0 Å². The van der Waals surface area contributed by atoms with E-state index in [9.17, 15) is 10.2 Å². The second kappa shape index (κ2) is 3.49. The molecule has 1 aliphatic rings. The van der Waals surface area contributed by atoms with E-state index in [2.05, 4.69) is 5.32 Å². The number of nitrogens with zero attached hydrogens (tertiary/aromatic N) is 1. The van der Waals surface area contributed by atoms with Crippen molar-refractivity contribution in [3.05, 3.63) is 0 Å². The van der Waals surface area contributed by atoms with Gasteiger partial charge < -0.3 is 25.7 Å². The van der Waals surface area contributed by atoms with Crippen LogP contribution in [0, 0.1) is 0 Å². The fourth-order valence-corrected chi connectivity index (χ4v) is 1.28. The molecule has 1 aliphatic heterocycles. The van der Waals surface area contributed by atoms with E-state index >= 15 is 0 Å². The molecule has 1 rings (SSSR count). The number of piperazine rings is 1. The molecule has 0 aromatic rings. The molecule has 6 nitrogen and oxygen atoms in total. The van der Waals surface area contributed by atoms with Crippen molar-refractivity contribution >= 4 is 0 Å². The summed E-state index contributed by atoms with van der Waals surface area (Å²) in [5, 5.41) is 40.1. The third-order valence-electron chi connectivity index (χ3n) is 2.19. The van der Waals surface area contributed by atoms with E-state index in [1.54, 1.807) is 0 Å². The third-order valence-corrected chi connectivity index (χ3v) is 2.19. The average Bonchev–Trinajstić information content (AvgIpc) is 2.04. The smallest absolute Gasteiger partial charge is 0.281 e. The van der Waals surface area contributed by atoms with Gasteiger partial charge in [-0.1, -0.05) is 0 Å². The molecule has 0 amide bonds. The van der Waals surface area contributed by atoms with Crippen molar-refractivity contribution < 1.29 is 20.4 Å². The lowest BCUT2D eigenvalue weighted by molar-refractivity contribution is -0.406. The molecule has 0 atom stereocenters. The zero-order valence-electron chi connectivity index (χ0n) is 7.56. The standard InChI is InChI=1S/C7H16N2O4/c1-6(10,11)7(12,13)9-4-2-8-3-5-9/h8,10-13H,2-5H2,1H3.